The lowest BCUT2D eigenvalue weighted by Crippen LogP contribution is -2.30. The highest BCUT2D eigenvalue weighted by Crippen LogP contribution is 2.45. The minimum atomic E-state index is -4.95. The normalized spacial score (nSPS) is 15.2. The molecule has 90 heavy (non-hydrogen) atoms. The van der Waals surface area contributed by atoms with Crippen LogP contribution in [0.4, 0.5) is 0 Å². The molecule has 8 atom stereocenters. The van der Waals surface area contributed by atoms with Crippen molar-refractivity contribution < 1.29 is 80.2 Å². The number of aliphatic hydroxyl groups is 1. The molecule has 17 nitrogen and oxygen atoms in total. The van der Waals surface area contributed by atoms with Gasteiger partial charge >= 0.3 is 39.5 Å². The fourth-order valence-corrected chi connectivity index (χ4v) is 12.1. The molecule has 3 N–H and O–H groups in total. The second kappa shape index (κ2) is 60.7. The van der Waals surface area contributed by atoms with Crippen LogP contribution in [0.15, 0.2) is 0 Å². The van der Waals surface area contributed by atoms with Crippen molar-refractivity contribution in [2.75, 3.05) is 39.6 Å². The number of ether oxygens (including phenoxy) is 4. The van der Waals surface area contributed by atoms with E-state index in [1.54, 1.807) is 0 Å². The first kappa shape index (κ1) is 88.1. The molecule has 0 aromatic heterocycles. The predicted molar refractivity (Wildman–Crippen MR) is 363 cm³/mol. The molecule has 0 aliphatic heterocycles. The zero-order valence-electron chi connectivity index (χ0n) is 58.8. The molecule has 0 aromatic rings. The minimum Gasteiger partial charge on any atom is -0.462 e. The largest absolute Gasteiger partial charge is 0.472 e. The van der Waals surface area contributed by atoms with Crippen LogP contribution in [-0.2, 0) is 65.4 Å². The SMILES string of the molecule is CCC(C)CCCCCCCCCCC(=O)O[C@H](COC(=O)CCCCCCCCC(C)CC)COP(=O)(O)OC[C@@H](O)COP(=O)(O)OC[C@@H](COC(=O)CCCCCCCCC(C)CC)OC(=O)CCCCCCCCCCCCCCCCCC(C)C. The van der Waals surface area contributed by atoms with Crippen molar-refractivity contribution in [3.05, 3.63) is 0 Å². The Balaban J connectivity index is 5.23. The highest BCUT2D eigenvalue weighted by molar-refractivity contribution is 7.47. The van der Waals surface area contributed by atoms with Gasteiger partial charge in [-0.05, 0) is 49.4 Å². The molecule has 0 heterocycles. The number of carbonyl (C=O) groups excluding carboxylic acids is 4. The summed E-state index contributed by atoms with van der Waals surface area (Å²) in [6.45, 7) is 14.1. The van der Waals surface area contributed by atoms with Gasteiger partial charge < -0.3 is 33.8 Å². The lowest BCUT2D eigenvalue weighted by molar-refractivity contribution is -0.161. The summed E-state index contributed by atoms with van der Waals surface area (Å²) < 4.78 is 68.3. The Morgan fingerprint density at radius 2 is 0.533 bits per heavy atom. The van der Waals surface area contributed by atoms with Crippen molar-refractivity contribution in [1.82, 2.24) is 0 Å². The van der Waals surface area contributed by atoms with E-state index in [0.29, 0.717) is 25.7 Å². The van der Waals surface area contributed by atoms with E-state index in [2.05, 4.69) is 55.4 Å². The van der Waals surface area contributed by atoms with Gasteiger partial charge in [-0.3, -0.25) is 37.3 Å². The second-order valence-electron chi connectivity index (χ2n) is 26.8. The summed E-state index contributed by atoms with van der Waals surface area (Å²) in [5.74, 6) is 0.902. The standard InChI is InChI=1S/C71H138O17P2/c1-9-62(6)48-40-32-24-21-22-26-38-46-54-71(76)88-67(58-82-69(74)52-44-36-30-28-34-42-50-64(8)11-3)60-86-90(79,80)84-56-65(72)55-83-89(77,78)85-59-66(57-81-68(73)51-43-35-29-27-33-41-49-63(7)10-2)87-70(75)53-45-37-25-20-18-16-14-12-13-15-17-19-23-31-39-47-61(4)5/h61-67,72H,9-60H2,1-8H3,(H,77,78)(H,79,80)/t62?,63?,64?,65-,66+,67+/m0/s1. The van der Waals surface area contributed by atoms with Crippen molar-refractivity contribution in [2.45, 2.75) is 369 Å². The van der Waals surface area contributed by atoms with E-state index in [-0.39, 0.29) is 25.7 Å². The van der Waals surface area contributed by atoms with E-state index in [4.69, 9.17) is 37.0 Å². The van der Waals surface area contributed by atoms with Gasteiger partial charge in [0.05, 0.1) is 26.4 Å². The van der Waals surface area contributed by atoms with Gasteiger partial charge in [0.25, 0.3) is 0 Å². The Morgan fingerprint density at radius 1 is 0.311 bits per heavy atom. The van der Waals surface area contributed by atoms with Gasteiger partial charge in [0.1, 0.15) is 19.3 Å². The maximum absolute atomic E-state index is 13.0. The van der Waals surface area contributed by atoms with E-state index in [1.165, 1.54) is 141 Å². The van der Waals surface area contributed by atoms with E-state index in [9.17, 15) is 43.2 Å². The molecular weight excluding hydrogens is 1190 g/mol. The van der Waals surface area contributed by atoms with Crippen molar-refractivity contribution in [2.24, 2.45) is 23.7 Å². The molecule has 0 spiro atoms. The second-order valence-corrected chi connectivity index (χ2v) is 29.7. The zero-order chi connectivity index (χ0) is 66.8. The first-order chi connectivity index (χ1) is 43.2. The van der Waals surface area contributed by atoms with Crippen molar-refractivity contribution in [1.29, 1.82) is 0 Å². The summed E-state index contributed by atoms with van der Waals surface area (Å²) in [5.41, 5.74) is 0. The molecule has 0 saturated carbocycles. The van der Waals surface area contributed by atoms with E-state index in [1.807, 2.05) is 0 Å². The summed E-state index contributed by atoms with van der Waals surface area (Å²) >= 11 is 0. The Hall–Kier alpha value is -1.94. The summed E-state index contributed by atoms with van der Waals surface area (Å²) in [4.78, 5) is 72.5. The van der Waals surface area contributed by atoms with Crippen LogP contribution >= 0.6 is 15.6 Å². The van der Waals surface area contributed by atoms with Crippen LogP contribution < -0.4 is 0 Å². The van der Waals surface area contributed by atoms with Gasteiger partial charge in [0, 0.05) is 25.7 Å². The first-order valence-electron chi connectivity index (χ1n) is 36.8. The number of carbonyl (C=O) groups is 4. The Bertz CT molecular complexity index is 1790. The van der Waals surface area contributed by atoms with Gasteiger partial charge in [-0.2, -0.15) is 0 Å². The fourth-order valence-electron chi connectivity index (χ4n) is 10.6. The van der Waals surface area contributed by atoms with Crippen LogP contribution in [-0.4, -0.2) is 96.7 Å². The number of hydrogen-bond donors (Lipinski definition) is 3. The fraction of sp³-hybridized carbons (Fsp3) is 0.944. The summed E-state index contributed by atoms with van der Waals surface area (Å²) in [5, 5.41) is 10.6. The Morgan fingerprint density at radius 3 is 0.789 bits per heavy atom. The molecule has 0 aliphatic rings. The van der Waals surface area contributed by atoms with Crippen molar-refractivity contribution in [3.8, 4) is 0 Å². The lowest BCUT2D eigenvalue weighted by atomic mass is 9.99. The summed E-state index contributed by atoms with van der Waals surface area (Å²) in [6.07, 6.45) is 43.1. The number of phosphoric acid groups is 2. The topological polar surface area (TPSA) is 237 Å². The number of phosphoric ester groups is 2. The van der Waals surface area contributed by atoms with Crippen molar-refractivity contribution >= 4 is 39.5 Å². The molecule has 0 saturated heterocycles. The number of aliphatic hydroxyl groups excluding tert-OH is 1. The average molecular weight is 1330 g/mol. The van der Waals surface area contributed by atoms with Crippen molar-refractivity contribution in [3.63, 3.8) is 0 Å². The maximum atomic E-state index is 13.0. The smallest absolute Gasteiger partial charge is 0.462 e. The zero-order valence-corrected chi connectivity index (χ0v) is 60.6. The average Bonchev–Trinajstić information content (AvgIpc) is 3.70. The van der Waals surface area contributed by atoms with Gasteiger partial charge in [-0.1, -0.05) is 299 Å². The van der Waals surface area contributed by atoms with Crippen LogP contribution in [0.2, 0.25) is 0 Å². The molecule has 0 bridgehead atoms. The van der Waals surface area contributed by atoms with Gasteiger partial charge in [0.2, 0.25) is 0 Å². The molecule has 0 fully saturated rings. The molecule has 5 unspecified atom stereocenters. The summed E-state index contributed by atoms with van der Waals surface area (Å²) in [6, 6.07) is 0. The molecule has 0 aliphatic carbocycles. The number of rotatable bonds is 68. The third-order valence-electron chi connectivity index (χ3n) is 17.4. The molecule has 0 amide bonds. The Labute approximate surface area is 549 Å². The predicted octanol–water partition coefficient (Wildman–Crippen LogP) is 20.1. The van der Waals surface area contributed by atoms with Gasteiger partial charge in [-0.25, -0.2) is 9.13 Å². The third-order valence-corrected chi connectivity index (χ3v) is 19.3. The number of unbranched alkanes of at least 4 members (excludes halogenated alkanes) is 31. The first-order valence-corrected chi connectivity index (χ1v) is 39.8. The number of hydrogen-bond acceptors (Lipinski definition) is 15. The monoisotopic (exact) mass is 1320 g/mol. The molecule has 0 radical (unpaired) electrons. The molecule has 0 rings (SSSR count). The summed E-state index contributed by atoms with van der Waals surface area (Å²) in [7, 11) is -9.90. The quantitative estimate of drug-likeness (QED) is 0.0222. The van der Waals surface area contributed by atoms with Crippen LogP contribution in [0.1, 0.15) is 351 Å². The highest BCUT2D eigenvalue weighted by Gasteiger charge is 2.30. The van der Waals surface area contributed by atoms with Gasteiger partial charge in [-0.15, -0.1) is 0 Å². The van der Waals surface area contributed by atoms with Crippen LogP contribution in [0.3, 0.4) is 0 Å². The van der Waals surface area contributed by atoms with Crippen LogP contribution in [0.5, 0.6) is 0 Å². The van der Waals surface area contributed by atoms with E-state index < -0.39 is 97.5 Å². The lowest BCUT2D eigenvalue weighted by Gasteiger charge is -2.21. The highest BCUT2D eigenvalue weighted by atomic mass is 31.2. The van der Waals surface area contributed by atoms with E-state index >= 15 is 0 Å². The molecule has 0 aromatic carbocycles. The number of esters is 4. The minimum absolute atomic E-state index is 0.103. The van der Waals surface area contributed by atoms with Gasteiger partial charge in [0.15, 0.2) is 12.2 Å². The maximum Gasteiger partial charge on any atom is 0.472 e. The Kier molecular flexibility index (Phi) is 59.4. The molecule has 19 heteroatoms. The molecule has 534 valence electrons. The van der Waals surface area contributed by atoms with E-state index in [0.717, 1.165) is 126 Å². The third kappa shape index (κ3) is 61.0. The van der Waals surface area contributed by atoms with Crippen LogP contribution in [0.25, 0.3) is 0 Å². The molecular formula is C71H138O17P2. The van der Waals surface area contributed by atoms with Crippen LogP contribution in [0, 0.1) is 23.7 Å².